The Kier molecular flexibility index (Phi) is 3.31. The van der Waals surface area contributed by atoms with E-state index in [0.29, 0.717) is 11.3 Å². The van der Waals surface area contributed by atoms with E-state index in [1.165, 1.54) is 5.54 Å². The van der Waals surface area contributed by atoms with Crippen molar-refractivity contribution in [2.75, 3.05) is 0 Å². The highest BCUT2D eigenvalue weighted by molar-refractivity contribution is 7.73. The monoisotopic (exact) mass is 202 g/mol. The summed E-state index contributed by atoms with van der Waals surface area (Å²) < 4.78 is 20.9. The fourth-order valence-electron chi connectivity index (χ4n) is 0.864. The first-order valence-corrected chi connectivity index (χ1v) is 4.85. The second-order valence-electron chi connectivity index (χ2n) is 2.24. The molecule has 1 aliphatic carbocycles. The lowest BCUT2D eigenvalue weighted by molar-refractivity contribution is 0.627. The van der Waals surface area contributed by atoms with E-state index in [1.807, 2.05) is 6.08 Å². The van der Waals surface area contributed by atoms with Crippen molar-refractivity contribution in [2.45, 2.75) is 6.42 Å². The zero-order chi connectivity index (χ0) is 8.97. The molecule has 0 aromatic carbocycles. The fourth-order valence-corrected chi connectivity index (χ4v) is 1.41. The highest BCUT2D eigenvalue weighted by Gasteiger charge is 2.00. The second kappa shape index (κ2) is 4.28. The fraction of sp³-hybridized carbons (Fsp3) is 0.125. The first-order chi connectivity index (χ1) is 5.74. The van der Waals surface area contributed by atoms with Crippen molar-refractivity contribution in [1.29, 1.82) is 0 Å². The van der Waals surface area contributed by atoms with Crippen LogP contribution in [0.1, 0.15) is 6.42 Å². The molecule has 0 saturated carbocycles. The molecule has 0 N–H and O–H groups in total. The van der Waals surface area contributed by atoms with Crippen LogP contribution in [0.4, 0.5) is 0 Å². The van der Waals surface area contributed by atoms with Crippen molar-refractivity contribution in [1.82, 2.24) is 0 Å². The van der Waals surface area contributed by atoms with Gasteiger partial charge in [-0.3, -0.25) is 0 Å². The Morgan fingerprint density at radius 2 is 2.17 bits per heavy atom. The summed E-state index contributed by atoms with van der Waals surface area (Å²) in [5.74, 6) is 0. The molecule has 1 rings (SSSR count). The van der Waals surface area contributed by atoms with Crippen molar-refractivity contribution >= 4 is 26.8 Å². The van der Waals surface area contributed by atoms with Gasteiger partial charge >= 0.3 is 0 Å². The molecule has 0 spiro atoms. The molecule has 0 atom stereocenters. The van der Waals surface area contributed by atoms with Gasteiger partial charge in [-0.05, 0) is 17.7 Å². The first-order valence-electron chi connectivity index (χ1n) is 3.34. The third-order valence-corrected chi connectivity index (χ3v) is 2.33. The zero-order valence-corrected chi connectivity index (χ0v) is 7.77. The Hall–Kier alpha value is -0.800. The predicted octanol–water partition coefficient (Wildman–Crippen LogP) is 1.68. The van der Waals surface area contributed by atoms with Gasteiger partial charge in [-0.1, -0.05) is 23.8 Å². The lowest BCUT2D eigenvalue weighted by Crippen LogP contribution is -1.97. The minimum absolute atomic E-state index is 0.404. The van der Waals surface area contributed by atoms with Gasteiger partial charge in [0.25, 0.3) is 0 Å². The molecular formula is C8H7ClO2S. The summed E-state index contributed by atoms with van der Waals surface area (Å²) in [6.07, 6.45) is 7.26. The second-order valence-corrected chi connectivity index (χ2v) is 3.48. The Bertz CT molecular complexity index is 377. The van der Waals surface area contributed by atoms with Crippen LogP contribution in [-0.4, -0.2) is 13.3 Å². The summed E-state index contributed by atoms with van der Waals surface area (Å²) in [7, 11) is -2.09. The molecule has 0 heterocycles. The highest BCUT2D eigenvalue weighted by atomic mass is 35.5. The maximum Gasteiger partial charge on any atom is 0.217 e. The van der Waals surface area contributed by atoms with Crippen molar-refractivity contribution in [3.63, 3.8) is 0 Å². The number of halogens is 1. The van der Waals surface area contributed by atoms with Crippen LogP contribution in [-0.2, 0) is 10.3 Å². The van der Waals surface area contributed by atoms with Crippen molar-refractivity contribution < 1.29 is 8.42 Å². The van der Waals surface area contributed by atoms with Gasteiger partial charge in [-0.15, -0.1) is 0 Å². The third-order valence-electron chi connectivity index (χ3n) is 1.47. The van der Waals surface area contributed by atoms with Gasteiger partial charge in [0, 0.05) is 12.0 Å². The van der Waals surface area contributed by atoms with Crippen LogP contribution < -0.4 is 0 Å². The third kappa shape index (κ3) is 2.36. The molecule has 0 fully saturated rings. The Morgan fingerprint density at radius 1 is 1.42 bits per heavy atom. The molecule has 12 heavy (non-hydrogen) atoms. The van der Waals surface area contributed by atoms with E-state index in [0.717, 1.165) is 5.57 Å². The van der Waals surface area contributed by atoms with Crippen LogP contribution in [0.25, 0.3) is 0 Å². The van der Waals surface area contributed by atoms with Crippen molar-refractivity contribution in [2.24, 2.45) is 0 Å². The molecule has 1 aliphatic rings. The average Bonchev–Trinajstić information content (AvgIpc) is 2.06. The lowest BCUT2D eigenvalue weighted by Gasteiger charge is -2.00. The molecule has 0 radical (unpaired) electrons. The van der Waals surface area contributed by atoms with E-state index in [1.54, 1.807) is 18.2 Å². The first kappa shape index (κ1) is 9.29. The summed E-state index contributed by atoms with van der Waals surface area (Å²) in [6.45, 7) is 0. The van der Waals surface area contributed by atoms with E-state index in [9.17, 15) is 8.42 Å². The molecule has 4 heteroatoms. The van der Waals surface area contributed by atoms with E-state index in [4.69, 9.17) is 11.6 Å². The molecule has 0 aromatic rings. The molecule has 0 saturated heterocycles. The van der Waals surface area contributed by atoms with E-state index < -0.39 is 10.3 Å². The summed E-state index contributed by atoms with van der Waals surface area (Å²) >= 11 is 5.35. The Morgan fingerprint density at radius 3 is 2.58 bits per heavy atom. The number of hydrogen-bond donors (Lipinski definition) is 0. The largest absolute Gasteiger partial charge is 0.217 e. The van der Waals surface area contributed by atoms with E-state index >= 15 is 0 Å². The summed E-state index contributed by atoms with van der Waals surface area (Å²) in [6, 6.07) is 0. The average molecular weight is 203 g/mol. The maximum atomic E-state index is 10.5. The van der Waals surface area contributed by atoms with Crippen molar-refractivity contribution in [3.05, 3.63) is 35.4 Å². The van der Waals surface area contributed by atoms with Crippen LogP contribution in [0.2, 0.25) is 0 Å². The highest BCUT2D eigenvalue weighted by Crippen LogP contribution is 2.09. The zero-order valence-electron chi connectivity index (χ0n) is 6.20. The number of allylic oxidation sites excluding steroid dienone is 5. The lowest BCUT2D eigenvalue weighted by atomic mass is 10.1. The van der Waals surface area contributed by atoms with Gasteiger partial charge in [-0.25, -0.2) is 0 Å². The molecule has 0 bridgehead atoms. The van der Waals surface area contributed by atoms with Gasteiger partial charge < -0.3 is 0 Å². The summed E-state index contributed by atoms with van der Waals surface area (Å²) in [5, 5.41) is 0. The van der Waals surface area contributed by atoms with Crippen LogP contribution in [0.5, 0.6) is 0 Å². The molecule has 64 valence electrons. The van der Waals surface area contributed by atoms with Crippen molar-refractivity contribution in [3.8, 4) is 0 Å². The smallest absolute Gasteiger partial charge is 0.184 e. The standard InChI is InChI=1S/C8H7ClO2S/c9-6-5-7-1-3-8(4-2-7)12(10)11/h1-3,5-6H,4H2. The summed E-state index contributed by atoms with van der Waals surface area (Å²) in [4.78, 5) is 0.404. The maximum absolute atomic E-state index is 10.5. The normalized spacial score (nSPS) is 16.8. The topological polar surface area (TPSA) is 34.1 Å². The molecule has 2 nitrogen and oxygen atoms in total. The van der Waals surface area contributed by atoms with Gasteiger partial charge in [0.1, 0.15) is 0 Å². The Labute approximate surface area is 77.4 Å². The molecule has 0 unspecified atom stereocenters. The minimum Gasteiger partial charge on any atom is -0.184 e. The van der Waals surface area contributed by atoms with Crippen LogP contribution >= 0.6 is 11.6 Å². The van der Waals surface area contributed by atoms with Gasteiger partial charge in [0.05, 0.1) is 4.86 Å². The van der Waals surface area contributed by atoms with Crippen LogP contribution in [0.3, 0.4) is 0 Å². The minimum atomic E-state index is -2.09. The van der Waals surface area contributed by atoms with Crippen LogP contribution in [0.15, 0.2) is 35.4 Å². The number of rotatable bonds is 1. The molecule has 0 aromatic heterocycles. The number of hydrogen-bond acceptors (Lipinski definition) is 2. The Balaban J connectivity index is 2.89. The molecule has 0 aliphatic heterocycles. The molecule has 0 amide bonds. The molecular weight excluding hydrogens is 196 g/mol. The van der Waals surface area contributed by atoms with E-state index in [-0.39, 0.29) is 0 Å². The predicted molar refractivity (Wildman–Crippen MR) is 50.8 cm³/mol. The van der Waals surface area contributed by atoms with Gasteiger partial charge in [0.15, 0.2) is 0 Å². The van der Waals surface area contributed by atoms with Gasteiger partial charge in [-0.2, -0.15) is 8.42 Å². The van der Waals surface area contributed by atoms with Gasteiger partial charge in [0.2, 0.25) is 10.3 Å². The summed E-state index contributed by atoms with van der Waals surface area (Å²) in [5.41, 5.74) is 2.33. The quantitative estimate of drug-likeness (QED) is 0.607. The van der Waals surface area contributed by atoms with E-state index in [2.05, 4.69) is 0 Å². The SMILES string of the molecule is O=S(=O)=C1C=CC(C=CCl)=CC1. The van der Waals surface area contributed by atoms with Crippen LogP contribution in [0, 0.1) is 0 Å².